The van der Waals surface area contributed by atoms with Crippen molar-refractivity contribution in [3.05, 3.63) is 29.7 Å². The molecule has 0 spiro atoms. The molecule has 2 aromatic heterocycles. The zero-order chi connectivity index (χ0) is 8.55. The Hall–Kier alpha value is -0.706. The zero-order valence-corrected chi connectivity index (χ0v) is 8.43. The van der Waals surface area contributed by atoms with E-state index in [0.717, 1.165) is 0 Å². The smallest absolute Gasteiger partial charge is 0.213 e. The van der Waals surface area contributed by atoms with Crippen LogP contribution < -0.4 is 0 Å². The van der Waals surface area contributed by atoms with Crippen LogP contribution in [0, 0.1) is 5.95 Å². The Morgan fingerprint density at radius 2 is 1.93 bits per heavy atom. The summed E-state index contributed by atoms with van der Waals surface area (Å²) in [4.78, 5) is 11.0. The van der Waals surface area contributed by atoms with E-state index in [-0.39, 0.29) is 31.1 Å². The number of halogens is 2. The first-order chi connectivity index (χ1) is 5.77. The van der Waals surface area contributed by atoms with Crippen molar-refractivity contribution in [2.75, 3.05) is 0 Å². The minimum Gasteiger partial charge on any atom is -0.235 e. The van der Waals surface area contributed by atoms with Crippen LogP contribution in [0.3, 0.4) is 0 Å². The van der Waals surface area contributed by atoms with Gasteiger partial charge in [0.05, 0.1) is 11.7 Å². The van der Waals surface area contributed by atoms with Crippen molar-refractivity contribution in [1.29, 1.82) is 0 Å². The second-order valence-corrected chi connectivity index (χ2v) is 2.55. The molecule has 0 amide bonds. The third-order valence-electron chi connectivity index (χ3n) is 1.44. The second-order valence-electron chi connectivity index (χ2n) is 2.19. The van der Waals surface area contributed by atoms with Crippen molar-refractivity contribution in [1.82, 2.24) is 15.0 Å². The van der Waals surface area contributed by atoms with Crippen LogP contribution in [0.2, 0.25) is 5.15 Å². The number of nitrogens with zero attached hydrogens (tertiary/aromatic N) is 3. The number of pyridine rings is 1. The molecular formula is C8H7ClFN3V. The fourth-order valence-corrected chi connectivity index (χ4v) is 1.10. The van der Waals surface area contributed by atoms with Gasteiger partial charge in [-0.15, -0.1) is 0 Å². The summed E-state index contributed by atoms with van der Waals surface area (Å²) in [5, 5.41) is 0.716. The van der Waals surface area contributed by atoms with Crippen molar-refractivity contribution in [3.63, 3.8) is 0 Å². The Kier molecular flexibility index (Phi) is 4.98. The summed E-state index contributed by atoms with van der Waals surface area (Å²) in [5.74, 6) is -0.584. The molecule has 73 valence electrons. The van der Waals surface area contributed by atoms with Crippen LogP contribution in [0.25, 0.3) is 10.9 Å². The van der Waals surface area contributed by atoms with E-state index in [9.17, 15) is 4.39 Å². The van der Waals surface area contributed by atoms with E-state index in [2.05, 4.69) is 15.0 Å². The minimum atomic E-state index is -0.584. The molecule has 3 nitrogen and oxygen atoms in total. The standard InChI is InChI=1S/C7H3ClFN3.CH4.V/c8-7-4-1-6(9)10-2-5(4)11-3-12-7;;/h1-3H;1H4;. The summed E-state index contributed by atoms with van der Waals surface area (Å²) in [7, 11) is 0. The molecule has 0 N–H and O–H groups in total. The van der Waals surface area contributed by atoms with Gasteiger partial charge >= 0.3 is 0 Å². The zero-order valence-electron chi connectivity index (χ0n) is 6.28. The molecule has 0 aromatic carbocycles. The molecule has 0 saturated carbocycles. The first kappa shape index (κ1) is 13.3. The summed E-state index contributed by atoms with van der Waals surface area (Å²) < 4.78 is 12.6. The van der Waals surface area contributed by atoms with Gasteiger partial charge in [0.2, 0.25) is 5.95 Å². The molecule has 0 aliphatic rings. The van der Waals surface area contributed by atoms with Gasteiger partial charge in [0.25, 0.3) is 0 Å². The monoisotopic (exact) mass is 250 g/mol. The number of aromatic nitrogens is 3. The molecule has 0 aliphatic carbocycles. The first-order valence-electron chi connectivity index (χ1n) is 3.19. The Labute approximate surface area is 97.6 Å². The molecule has 2 aromatic rings. The van der Waals surface area contributed by atoms with Gasteiger partial charge in [-0.25, -0.2) is 15.0 Å². The number of hydrogen-bond donors (Lipinski definition) is 0. The Bertz CT molecular complexity index is 438. The van der Waals surface area contributed by atoms with Crippen LogP contribution in [-0.2, 0) is 18.6 Å². The number of fused-ring (bicyclic) bond motifs is 1. The van der Waals surface area contributed by atoms with Crippen LogP contribution in [0.1, 0.15) is 7.43 Å². The van der Waals surface area contributed by atoms with Crippen molar-refractivity contribution in [2.24, 2.45) is 0 Å². The Morgan fingerprint density at radius 3 is 2.64 bits per heavy atom. The molecular weight excluding hydrogens is 244 g/mol. The SMILES string of the molecule is C.Fc1cc2c(Cl)ncnc2cn1.[V]. The summed E-state index contributed by atoms with van der Waals surface area (Å²) in [5.41, 5.74) is 0.538. The molecule has 0 fully saturated rings. The third-order valence-corrected chi connectivity index (χ3v) is 1.74. The molecule has 1 radical (unpaired) electrons. The maximum absolute atomic E-state index is 12.6. The summed E-state index contributed by atoms with van der Waals surface area (Å²) in [6.45, 7) is 0. The molecule has 2 heterocycles. The largest absolute Gasteiger partial charge is 0.235 e. The van der Waals surface area contributed by atoms with E-state index in [1.807, 2.05) is 0 Å². The van der Waals surface area contributed by atoms with Crippen molar-refractivity contribution in [3.8, 4) is 0 Å². The van der Waals surface area contributed by atoms with E-state index in [4.69, 9.17) is 11.6 Å². The topological polar surface area (TPSA) is 38.7 Å². The number of hydrogen-bond acceptors (Lipinski definition) is 3. The van der Waals surface area contributed by atoms with Crippen LogP contribution in [0.5, 0.6) is 0 Å². The molecule has 14 heavy (non-hydrogen) atoms. The average molecular weight is 251 g/mol. The number of rotatable bonds is 0. The van der Waals surface area contributed by atoms with Gasteiger partial charge in [0.1, 0.15) is 11.5 Å². The van der Waals surface area contributed by atoms with Crippen LogP contribution in [0.15, 0.2) is 18.6 Å². The van der Waals surface area contributed by atoms with Gasteiger partial charge in [-0.05, 0) is 0 Å². The molecule has 0 saturated heterocycles. The average Bonchev–Trinajstić information content (AvgIpc) is 2.07. The van der Waals surface area contributed by atoms with Crippen molar-refractivity contribution in [2.45, 2.75) is 7.43 Å². The normalized spacial score (nSPS) is 9.00. The van der Waals surface area contributed by atoms with Gasteiger partial charge in [0.15, 0.2) is 0 Å². The maximum Gasteiger partial charge on any atom is 0.213 e. The van der Waals surface area contributed by atoms with E-state index in [1.165, 1.54) is 18.6 Å². The van der Waals surface area contributed by atoms with E-state index in [1.54, 1.807) is 0 Å². The van der Waals surface area contributed by atoms with E-state index >= 15 is 0 Å². The predicted octanol–water partition coefficient (Wildman–Crippen LogP) is 2.45. The summed E-state index contributed by atoms with van der Waals surface area (Å²) >= 11 is 5.68. The van der Waals surface area contributed by atoms with Crippen molar-refractivity contribution >= 4 is 22.5 Å². The minimum absolute atomic E-state index is 0. The van der Waals surface area contributed by atoms with Crippen LogP contribution in [0.4, 0.5) is 4.39 Å². The van der Waals surface area contributed by atoms with Gasteiger partial charge in [-0.2, -0.15) is 4.39 Å². The molecule has 0 atom stereocenters. The van der Waals surface area contributed by atoms with Crippen molar-refractivity contribution < 1.29 is 22.9 Å². The van der Waals surface area contributed by atoms with Crippen LogP contribution >= 0.6 is 11.6 Å². The Balaban J connectivity index is 0.000000845. The Morgan fingerprint density at radius 1 is 1.21 bits per heavy atom. The molecule has 6 heteroatoms. The summed E-state index contributed by atoms with van der Waals surface area (Å²) in [6, 6.07) is 1.21. The van der Waals surface area contributed by atoms with Gasteiger partial charge < -0.3 is 0 Å². The fourth-order valence-electron chi connectivity index (χ4n) is 0.902. The third kappa shape index (κ3) is 2.41. The predicted molar refractivity (Wildman–Crippen MR) is 49.0 cm³/mol. The molecule has 2 rings (SSSR count). The fraction of sp³-hybridized carbons (Fsp3) is 0.125. The summed E-state index contributed by atoms with van der Waals surface area (Å²) in [6.07, 6.45) is 2.63. The molecule has 0 unspecified atom stereocenters. The van der Waals surface area contributed by atoms with Crippen LogP contribution in [-0.4, -0.2) is 15.0 Å². The first-order valence-corrected chi connectivity index (χ1v) is 3.57. The second kappa shape index (κ2) is 5.24. The quantitative estimate of drug-likeness (QED) is 0.532. The van der Waals surface area contributed by atoms with Gasteiger partial charge in [-0.1, -0.05) is 19.0 Å². The van der Waals surface area contributed by atoms with E-state index in [0.29, 0.717) is 10.9 Å². The molecule has 0 bridgehead atoms. The van der Waals surface area contributed by atoms with E-state index < -0.39 is 5.95 Å². The maximum atomic E-state index is 12.6. The van der Waals surface area contributed by atoms with Gasteiger partial charge in [-0.3, -0.25) is 0 Å². The van der Waals surface area contributed by atoms with Gasteiger partial charge in [0, 0.05) is 30.0 Å². The molecule has 0 aliphatic heterocycles.